The Hall–Kier alpha value is -0.680. The number of ether oxygens (including phenoxy) is 4. The van der Waals surface area contributed by atoms with Gasteiger partial charge in [0.25, 0.3) is 0 Å². The third-order valence-corrected chi connectivity index (χ3v) is 1.76. The molecule has 0 N–H and O–H groups in total. The standard InChI is InChI=1S/C11H24O4.2C3H6/c1-4-12-6-7-14-10-11(3)15-9-8-13-5-2;2*1-3-2/h11H,4-10H2,1-3H3;2*3H,1H2,2H3. The predicted octanol–water partition coefficient (Wildman–Crippen LogP) is 3.87. The summed E-state index contributed by atoms with van der Waals surface area (Å²) in [5.41, 5.74) is 0. The minimum absolute atomic E-state index is 0.118. The fourth-order valence-corrected chi connectivity index (χ4v) is 1.01. The van der Waals surface area contributed by atoms with Crippen LogP contribution in [0.1, 0.15) is 34.6 Å². The quantitative estimate of drug-likeness (QED) is 0.429. The maximum absolute atomic E-state index is 5.46. The molecule has 0 aromatic carbocycles. The molecule has 0 amide bonds. The van der Waals surface area contributed by atoms with Crippen molar-refractivity contribution in [1.82, 2.24) is 0 Å². The molecule has 0 aliphatic carbocycles. The van der Waals surface area contributed by atoms with E-state index in [4.69, 9.17) is 18.9 Å². The molecular weight excluding hydrogens is 268 g/mol. The van der Waals surface area contributed by atoms with Crippen LogP contribution in [0.25, 0.3) is 0 Å². The zero-order valence-corrected chi connectivity index (χ0v) is 14.7. The van der Waals surface area contributed by atoms with Crippen LogP contribution in [-0.2, 0) is 18.9 Å². The van der Waals surface area contributed by atoms with Crippen LogP contribution in [0.5, 0.6) is 0 Å². The molecule has 0 radical (unpaired) electrons. The lowest BCUT2D eigenvalue weighted by Gasteiger charge is -2.13. The monoisotopic (exact) mass is 304 g/mol. The highest BCUT2D eigenvalue weighted by Crippen LogP contribution is 1.92. The summed E-state index contributed by atoms with van der Waals surface area (Å²) in [6, 6.07) is 0. The van der Waals surface area contributed by atoms with E-state index < -0.39 is 0 Å². The fraction of sp³-hybridized carbons (Fsp3) is 0.765. The molecule has 0 fully saturated rings. The van der Waals surface area contributed by atoms with Gasteiger partial charge in [0.15, 0.2) is 0 Å². The van der Waals surface area contributed by atoms with Gasteiger partial charge in [-0.3, -0.25) is 0 Å². The lowest BCUT2D eigenvalue weighted by atomic mass is 10.4. The fourth-order valence-electron chi connectivity index (χ4n) is 1.01. The van der Waals surface area contributed by atoms with Crippen molar-refractivity contribution in [3.05, 3.63) is 25.3 Å². The van der Waals surface area contributed by atoms with Crippen LogP contribution in [0, 0.1) is 0 Å². The molecular formula is C17H36O4. The molecule has 4 heteroatoms. The van der Waals surface area contributed by atoms with E-state index in [-0.39, 0.29) is 6.10 Å². The van der Waals surface area contributed by atoms with E-state index in [0.717, 1.165) is 13.2 Å². The summed E-state index contributed by atoms with van der Waals surface area (Å²) in [6.45, 7) is 21.1. The summed E-state index contributed by atoms with van der Waals surface area (Å²) in [6.07, 6.45) is 3.62. The van der Waals surface area contributed by atoms with E-state index in [1.807, 2.05) is 34.6 Å². The van der Waals surface area contributed by atoms with E-state index in [0.29, 0.717) is 33.0 Å². The first-order valence-corrected chi connectivity index (χ1v) is 7.63. The van der Waals surface area contributed by atoms with Crippen LogP contribution in [0.15, 0.2) is 25.3 Å². The first-order valence-electron chi connectivity index (χ1n) is 7.63. The predicted molar refractivity (Wildman–Crippen MR) is 91.0 cm³/mol. The van der Waals surface area contributed by atoms with Crippen molar-refractivity contribution in [1.29, 1.82) is 0 Å². The van der Waals surface area contributed by atoms with Gasteiger partial charge in [-0.2, -0.15) is 0 Å². The Labute approximate surface area is 132 Å². The Bertz CT molecular complexity index is 178. The van der Waals surface area contributed by atoms with Gasteiger partial charge >= 0.3 is 0 Å². The van der Waals surface area contributed by atoms with Crippen molar-refractivity contribution in [3.63, 3.8) is 0 Å². The van der Waals surface area contributed by atoms with Crippen LogP contribution >= 0.6 is 0 Å². The molecule has 0 aliphatic rings. The maximum atomic E-state index is 5.46. The lowest BCUT2D eigenvalue weighted by Crippen LogP contribution is -2.20. The first kappa shape index (κ1) is 25.3. The van der Waals surface area contributed by atoms with Gasteiger partial charge in [-0.1, -0.05) is 12.2 Å². The zero-order chi connectivity index (χ0) is 16.8. The number of allylic oxidation sites excluding steroid dienone is 2. The Kier molecular flexibility index (Phi) is 33.3. The lowest BCUT2D eigenvalue weighted by molar-refractivity contribution is -0.0381. The molecule has 4 nitrogen and oxygen atoms in total. The van der Waals surface area contributed by atoms with Crippen LogP contribution < -0.4 is 0 Å². The normalized spacial score (nSPS) is 10.5. The Morgan fingerprint density at radius 1 is 0.810 bits per heavy atom. The van der Waals surface area contributed by atoms with Gasteiger partial charge in [0.1, 0.15) is 0 Å². The van der Waals surface area contributed by atoms with Crippen molar-refractivity contribution < 1.29 is 18.9 Å². The van der Waals surface area contributed by atoms with Crippen molar-refractivity contribution in [3.8, 4) is 0 Å². The third kappa shape index (κ3) is 38.2. The molecule has 0 saturated heterocycles. The van der Waals surface area contributed by atoms with Gasteiger partial charge in [-0.15, -0.1) is 13.2 Å². The number of hydrogen-bond acceptors (Lipinski definition) is 4. The van der Waals surface area contributed by atoms with E-state index in [1.54, 1.807) is 12.2 Å². The third-order valence-electron chi connectivity index (χ3n) is 1.76. The molecule has 0 heterocycles. The second-order valence-corrected chi connectivity index (χ2v) is 3.97. The second-order valence-electron chi connectivity index (χ2n) is 3.97. The Morgan fingerprint density at radius 3 is 1.62 bits per heavy atom. The van der Waals surface area contributed by atoms with E-state index in [9.17, 15) is 0 Å². The molecule has 128 valence electrons. The average molecular weight is 304 g/mol. The summed E-state index contributed by atoms with van der Waals surface area (Å²) in [5.74, 6) is 0. The molecule has 0 spiro atoms. The van der Waals surface area contributed by atoms with Gasteiger partial charge in [0, 0.05) is 13.2 Å². The molecule has 1 atom stereocenters. The topological polar surface area (TPSA) is 36.9 Å². The molecule has 0 aromatic heterocycles. The number of rotatable bonds is 11. The molecule has 0 rings (SSSR count). The molecule has 0 aromatic rings. The van der Waals surface area contributed by atoms with Gasteiger partial charge in [-0.25, -0.2) is 0 Å². The summed E-state index contributed by atoms with van der Waals surface area (Å²) in [4.78, 5) is 0. The SMILES string of the molecule is C=CC.C=CC.CCOCCOCC(C)OCCOCC. The Balaban J connectivity index is -0.000000460. The molecule has 0 bridgehead atoms. The highest BCUT2D eigenvalue weighted by Gasteiger charge is 2.01. The Morgan fingerprint density at radius 2 is 1.19 bits per heavy atom. The average Bonchev–Trinajstić information content (AvgIpc) is 2.45. The summed E-state index contributed by atoms with van der Waals surface area (Å²) in [7, 11) is 0. The van der Waals surface area contributed by atoms with Crippen LogP contribution in [0.4, 0.5) is 0 Å². The minimum atomic E-state index is 0.118. The summed E-state index contributed by atoms with van der Waals surface area (Å²) in [5, 5.41) is 0. The largest absolute Gasteiger partial charge is 0.379 e. The van der Waals surface area contributed by atoms with Gasteiger partial charge in [0.05, 0.1) is 39.1 Å². The van der Waals surface area contributed by atoms with E-state index in [1.165, 1.54) is 0 Å². The van der Waals surface area contributed by atoms with Crippen molar-refractivity contribution in [2.45, 2.75) is 40.7 Å². The molecule has 0 saturated carbocycles. The zero-order valence-electron chi connectivity index (χ0n) is 14.7. The van der Waals surface area contributed by atoms with Gasteiger partial charge in [-0.05, 0) is 34.6 Å². The van der Waals surface area contributed by atoms with Gasteiger partial charge < -0.3 is 18.9 Å². The minimum Gasteiger partial charge on any atom is -0.379 e. The van der Waals surface area contributed by atoms with Crippen LogP contribution in [-0.4, -0.2) is 52.4 Å². The van der Waals surface area contributed by atoms with Crippen molar-refractivity contribution >= 4 is 0 Å². The molecule has 21 heavy (non-hydrogen) atoms. The van der Waals surface area contributed by atoms with Crippen molar-refractivity contribution in [2.24, 2.45) is 0 Å². The van der Waals surface area contributed by atoms with E-state index in [2.05, 4.69) is 13.2 Å². The van der Waals surface area contributed by atoms with Crippen LogP contribution in [0.2, 0.25) is 0 Å². The summed E-state index contributed by atoms with van der Waals surface area (Å²) >= 11 is 0. The van der Waals surface area contributed by atoms with Gasteiger partial charge in [0.2, 0.25) is 0 Å². The maximum Gasteiger partial charge on any atom is 0.0781 e. The molecule has 0 aliphatic heterocycles. The molecule has 1 unspecified atom stereocenters. The summed E-state index contributed by atoms with van der Waals surface area (Å²) < 4.78 is 21.1. The highest BCUT2D eigenvalue weighted by atomic mass is 16.6. The van der Waals surface area contributed by atoms with Crippen molar-refractivity contribution in [2.75, 3.05) is 46.2 Å². The van der Waals surface area contributed by atoms with Crippen LogP contribution in [0.3, 0.4) is 0 Å². The second kappa shape index (κ2) is 27.6. The smallest absolute Gasteiger partial charge is 0.0781 e. The van der Waals surface area contributed by atoms with E-state index >= 15 is 0 Å². The first-order chi connectivity index (χ1) is 10.1. The number of hydrogen-bond donors (Lipinski definition) is 0. The highest BCUT2D eigenvalue weighted by molar-refractivity contribution is 4.52.